The molecule has 3 rings (SSSR count). The molecule has 0 saturated carbocycles. The number of aromatic hydroxyl groups is 1. The maximum atomic E-state index is 9.77. The second-order valence-corrected chi connectivity index (χ2v) is 5.90. The van der Waals surface area contributed by atoms with Crippen molar-refractivity contribution in [3.05, 3.63) is 57.6 Å². The van der Waals surface area contributed by atoms with Gasteiger partial charge >= 0.3 is 0 Å². The van der Waals surface area contributed by atoms with Crippen LogP contribution < -0.4 is 5.32 Å². The van der Waals surface area contributed by atoms with E-state index in [-0.39, 0.29) is 0 Å². The predicted octanol–water partition coefficient (Wildman–Crippen LogP) is 4.56. The van der Waals surface area contributed by atoms with Gasteiger partial charge in [-0.2, -0.15) is 0 Å². The molecule has 0 amide bonds. The minimum Gasteiger partial charge on any atom is -0.508 e. The van der Waals surface area contributed by atoms with Crippen LogP contribution >= 0.6 is 15.9 Å². The van der Waals surface area contributed by atoms with Gasteiger partial charge in [-0.05, 0) is 48.6 Å². The van der Waals surface area contributed by atoms with Crippen molar-refractivity contribution in [1.29, 1.82) is 0 Å². The predicted molar refractivity (Wildman–Crippen MR) is 81.7 cm³/mol. The average molecular weight is 318 g/mol. The zero-order chi connectivity index (χ0) is 13.4. The number of aryl methyl sites for hydroxylation is 1. The summed E-state index contributed by atoms with van der Waals surface area (Å²) in [6.45, 7) is 1.90. The Morgan fingerprint density at radius 1 is 1.26 bits per heavy atom. The van der Waals surface area contributed by atoms with Crippen LogP contribution in [0.5, 0.6) is 5.75 Å². The Morgan fingerprint density at radius 2 is 2.11 bits per heavy atom. The smallest absolute Gasteiger partial charge is 0.120 e. The zero-order valence-electron chi connectivity index (χ0n) is 10.8. The number of nitrogens with one attached hydrogen (secondary N) is 1. The number of halogens is 1. The molecule has 98 valence electrons. The monoisotopic (exact) mass is 317 g/mol. The number of phenols is 1. The van der Waals surface area contributed by atoms with E-state index < -0.39 is 0 Å². The highest BCUT2D eigenvalue weighted by Crippen LogP contribution is 2.38. The van der Waals surface area contributed by atoms with Crippen LogP contribution in [0.25, 0.3) is 0 Å². The lowest BCUT2D eigenvalue weighted by molar-refractivity contribution is 0.471. The van der Waals surface area contributed by atoms with E-state index in [1.54, 1.807) is 6.07 Å². The Hall–Kier alpha value is -1.48. The van der Waals surface area contributed by atoms with Crippen LogP contribution in [0.4, 0.5) is 5.69 Å². The van der Waals surface area contributed by atoms with Gasteiger partial charge < -0.3 is 10.4 Å². The van der Waals surface area contributed by atoms with E-state index in [1.165, 1.54) is 15.6 Å². The molecular weight excluding hydrogens is 302 g/mol. The largest absolute Gasteiger partial charge is 0.508 e. The maximum Gasteiger partial charge on any atom is 0.120 e. The van der Waals surface area contributed by atoms with Crippen molar-refractivity contribution in [2.75, 3.05) is 5.32 Å². The molecular formula is C16H16BrNO. The standard InChI is InChI=1S/C16H16BrNO/c1-10-5-6-11(9-16(10)19)18-15-8-7-12-13(15)3-2-4-14(12)17/h2-6,9,15,18-19H,7-8H2,1H3. The first-order chi connectivity index (χ1) is 9.15. The maximum absolute atomic E-state index is 9.77. The van der Waals surface area contributed by atoms with Crippen LogP contribution in [0.1, 0.15) is 29.2 Å². The van der Waals surface area contributed by atoms with Crippen LogP contribution in [-0.2, 0) is 6.42 Å². The molecule has 1 aliphatic carbocycles. The van der Waals surface area contributed by atoms with Crippen molar-refractivity contribution in [3.8, 4) is 5.75 Å². The highest BCUT2D eigenvalue weighted by molar-refractivity contribution is 9.10. The Kier molecular flexibility index (Phi) is 3.23. The molecule has 0 radical (unpaired) electrons. The van der Waals surface area contributed by atoms with E-state index in [9.17, 15) is 5.11 Å². The van der Waals surface area contributed by atoms with Crippen molar-refractivity contribution < 1.29 is 5.11 Å². The van der Waals surface area contributed by atoms with Crippen LogP contribution in [0, 0.1) is 6.92 Å². The molecule has 1 aliphatic rings. The lowest BCUT2D eigenvalue weighted by atomic mass is 10.1. The summed E-state index contributed by atoms with van der Waals surface area (Å²) >= 11 is 3.61. The molecule has 0 aliphatic heterocycles. The quantitative estimate of drug-likeness (QED) is 0.850. The van der Waals surface area contributed by atoms with Gasteiger partial charge in [-0.25, -0.2) is 0 Å². The first-order valence-corrected chi connectivity index (χ1v) is 7.28. The van der Waals surface area contributed by atoms with Crippen molar-refractivity contribution in [1.82, 2.24) is 0 Å². The summed E-state index contributed by atoms with van der Waals surface area (Å²) < 4.78 is 1.20. The van der Waals surface area contributed by atoms with Gasteiger partial charge in [0.2, 0.25) is 0 Å². The van der Waals surface area contributed by atoms with Gasteiger partial charge in [0.05, 0.1) is 6.04 Å². The van der Waals surface area contributed by atoms with Gasteiger partial charge in [-0.3, -0.25) is 0 Å². The third kappa shape index (κ3) is 2.35. The summed E-state index contributed by atoms with van der Waals surface area (Å²) in [5, 5.41) is 13.3. The van der Waals surface area contributed by atoms with Gasteiger partial charge in [-0.1, -0.05) is 34.1 Å². The fraction of sp³-hybridized carbons (Fsp3) is 0.250. The second kappa shape index (κ2) is 4.89. The Bertz CT molecular complexity index is 624. The van der Waals surface area contributed by atoms with Gasteiger partial charge in [0.25, 0.3) is 0 Å². The minimum absolute atomic E-state index is 0.328. The van der Waals surface area contributed by atoms with Crippen molar-refractivity contribution in [2.45, 2.75) is 25.8 Å². The van der Waals surface area contributed by atoms with E-state index in [4.69, 9.17) is 0 Å². The molecule has 2 aromatic rings. The summed E-state index contributed by atoms with van der Waals surface area (Å²) in [6.07, 6.45) is 2.18. The molecule has 0 bridgehead atoms. The summed E-state index contributed by atoms with van der Waals surface area (Å²) in [5.41, 5.74) is 4.63. The van der Waals surface area contributed by atoms with Crippen LogP contribution in [0.3, 0.4) is 0 Å². The number of hydrogen-bond acceptors (Lipinski definition) is 2. The minimum atomic E-state index is 0.328. The number of phenolic OH excluding ortho intramolecular Hbond substituents is 1. The Morgan fingerprint density at radius 3 is 2.89 bits per heavy atom. The lowest BCUT2D eigenvalue weighted by Gasteiger charge is -2.16. The number of hydrogen-bond donors (Lipinski definition) is 2. The third-order valence-corrected chi connectivity index (χ3v) is 4.51. The molecule has 0 heterocycles. The van der Waals surface area contributed by atoms with Gasteiger partial charge in [0.15, 0.2) is 0 Å². The molecule has 19 heavy (non-hydrogen) atoms. The first-order valence-electron chi connectivity index (χ1n) is 6.48. The van der Waals surface area contributed by atoms with E-state index in [0.717, 1.165) is 24.1 Å². The molecule has 1 unspecified atom stereocenters. The Balaban J connectivity index is 1.86. The molecule has 2 nitrogen and oxygen atoms in total. The number of benzene rings is 2. The zero-order valence-corrected chi connectivity index (χ0v) is 12.4. The Labute approximate surface area is 121 Å². The van der Waals surface area contributed by atoms with E-state index in [0.29, 0.717) is 11.8 Å². The third-order valence-electron chi connectivity index (χ3n) is 3.76. The van der Waals surface area contributed by atoms with Crippen molar-refractivity contribution in [3.63, 3.8) is 0 Å². The fourth-order valence-corrected chi connectivity index (χ4v) is 3.24. The molecule has 1 atom stereocenters. The molecule has 3 heteroatoms. The summed E-state index contributed by atoms with van der Waals surface area (Å²) in [7, 11) is 0. The fourth-order valence-electron chi connectivity index (χ4n) is 2.66. The van der Waals surface area contributed by atoms with Crippen molar-refractivity contribution >= 4 is 21.6 Å². The average Bonchev–Trinajstić information content (AvgIpc) is 2.79. The molecule has 0 saturated heterocycles. The van der Waals surface area contributed by atoms with Crippen LogP contribution in [-0.4, -0.2) is 5.11 Å². The van der Waals surface area contributed by atoms with E-state index in [2.05, 4.69) is 39.4 Å². The molecule has 2 N–H and O–H groups in total. The number of rotatable bonds is 2. The second-order valence-electron chi connectivity index (χ2n) is 5.04. The van der Waals surface area contributed by atoms with E-state index >= 15 is 0 Å². The lowest BCUT2D eigenvalue weighted by Crippen LogP contribution is -2.06. The highest BCUT2D eigenvalue weighted by atomic mass is 79.9. The molecule has 0 aromatic heterocycles. The highest BCUT2D eigenvalue weighted by Gasteiger charge is 2.23. The van der Waals surface area contributed by atoms with Gasteiger partial charge in [-0.15, -0.1) is 0 Å². The molecule has 2 aromatic carbocycles. The van der Waals surface area contributed by atoms with Gasteiger partial charge in [0, 0.05) is 16.2 Å². The SMILES string of the molecule is Cc1ccc(NC2CCc3c(Br)cccc32)cc1O. The van der Waals surface area contributed by atoms with Crippen LogP contribution in [0.15, 0.2) is 40.9 Å². The molecule has 0 spiro atoms. The van der Waals surface area contributed by atoms with Gasteiger partial charge in [0.1, 0.15) is 5.75 Å². The summed E-state index contributed by atoms with van der Waals surface area (Å²) in [4.78, 5) is 0. The van der Waals surface area contributed by atoms with Crippen LogP contribution in [0.2, 0.25) is 0 Å². The van der Waals surface area contributed by atoms with E-state index in [1.807, 2.05) is 19.1 Å². The number of anilines is 1. The first kappa shape index (κ1) is 12.5. The topological polar surface area (TPSA) is 32.3 Å². The normalized spacial score (nSPS) is 17.3. The summed E-state index contributed by atoms with van der Waals surface area (Å²) in [6, 6.07) is 12.4. The number of fused-ring (bicyclic) bond motifs is 1. The van der Waals surface area contributed by atoms with Crippen molar-refractivity contribution in [2.24, 2.45) is 0 Å². The molecule has 0 fully saturated rings. The summed E-state index contributed by atoms with van der Waals surface area (Å²) in [5.74, 6) is 0.345.